The maximum Gasteiger partial charge on any atom is 0.234 e. The predicted molar refractivity (Wildman–Crippen MR) is 81.0 cm³/mol. The Labute approximate surface area is 121 Å². The number of aryl methyl sites for hydroxylation is 2. The fourth-order valence-electron chi connectivity index (χ4n) is 2.04. The molecule has 0 radical (unpaired) electrons. The van der Waals surface area contributed by atoms with E-state index in [-0.39, 0.29) is 24.3 Å². The van der Waals surface area contributed by atoms with Crippen molar-refractivity contribution in [1.82, 2.24) is 10.2 Å². The van der Waals surface area contributed by atoms with E-state index in [4.69, 9.17) is 0 Å². The minimum absolute atomic E-state index is 0.0537. The standard InChI is InChI=1S/C16H24N2O2/c1-6-17-15(19)10-18(5)13(4)16(20)14-9-11(2)7-8-12(14)3/h7-9,13H,6,10H2,1-5H3,(H,17,19). The number of carbonyl (C=O) groups is 2. The van der Waals surface area contributed by atoms with Gasteiger partial charge < -0.3 is 5.32 Å². The fourth-order valence-corrected chi connectivity index (χ4v) is 2.04. The van der Waals surface area contributed by atoms with E-state index < -0.39 is 0 Å². The third-order valence-corrected chi connectivity index (χ3v) is 3.47. The Morgan fingerprint density at radius 3 is 2.55 bits per heavy atom. The Bertz CT molecular complexity index is 497. The molecule has 1 unspecified atom stereocenters. The molecule has 1 atom stereocenters. The van der Waals surface area contributed by atoms with Gasteiger partial charge in [0.05, 0.1) is 12.6 Å². The molecule has 1 aromatic carbocycles. The lowest BCUT2D eigenvalue weighted by molar-refractivity contribution is -0.122. The summed E-state index contributed by atoms with van der Waals surface area (Å²) in [5.74, 6) is -0.00591. The van der Waals surface area contributed by atoms with E-state index in [9.17, 15) is 9.59 Å². The number of ketones is 1. The van der Waals surface area contributed by atoms with Crippen LogP contribution in [0.4, 0.5) is 0 Å². The van der Waals surface area contributed by atoms with E-state index in [0.717, 1.165) is 16.7 Å². The number of benzene rings is 1. The Kier molecular flexibility index (Phi) is 5.89. The zero-order chi connectivity index (χ0) is 15.3. The second-order valence-corrected chi connectivity index (χ2v) is 5.23. The number of hydrogen-bond donors (Lipinski definition) is 1. The van der Waals surface area contributed by atoms with Crippen molar-refractivity contribution in [3.8, 4) is 0 Å². The fraction of sp³-hybridized carbons (Fsp3) is 0.500. The maximum absolute atomic E-state index is 12.5. The summed E-state index contributed by atoms with van der Waals surface area (Å²) in [6.45, 7) is 8.45. The molecular formula is C16H24N2O2. The highest BCUT2D eigenvalue weighted by Crippen LogP contribution is 2.14. The van der Waals surface area contributed by atoms with Gasteiger partial charge in [-0.25, -0.2) is 0 Å². The van der Waals surface area contributed by atoms with Crippen LogP contribution in [0.25, 0.3) is 0 Å². The number of nitrogens with one attached hydrogen (secondary N) is 1. The van der Waals surface area contributed by atoms with Gasteiger partial charge in [-0.15, -0.1) is 0 Å². The van der Waals surface area contributed by atoms with Crippen molar-refractivity contribution in [2.24, 2.45) is 0 Å². The van der Waals surface area contributed by atoms with Crippen LogP contribution in [0.1, 0.15) is 35.3 Å². The largest absolute Gasteiger partial charge is 0.355 e. The average molecular weight is 276 g/mol. The molecule has 110 valence electrons. The van der Waals surface area contributed by atoms with Crippen LogP contribution in [0.5, 0.6) is 0 Å². The molecule has 0 spiro atoms. The molecule has 20 heavy (non-hydrogen) atoms. The highest BCUT2D eigenvalue weighted by Gasteiger charge is 2.22. The second-order valence-electron chi connectivity index (χ2n) is 5.23. The number of amides is 1. The molecule has 0 aliphatic heterocycles. The molecule has 1 rings (SSSR count). The Morgan fingerprint density at radius 1 is 1.30 bits per heavy atom. The van der Waals surface area contributed by atoms with Crippen molar-refractivity contribution >= 4 is 11.7 Å². The van der Waals surface area contributed by atoms with Crippen LogP contribution >= 0.6 is 0 Å². The van der Waals surface area contributed by atoms with Crippen molar-refractivity contribution in [1.29, 1.82) is 0 Å². The van der Waals surface area contributed by atoms with Crippen LogP contribution in [-0.2, 0) is 4.79 Å². The molecule has 4 nitrogen and oxygen atoms in total. The highest BCUT2D eigenvalue weighted by molar-refractivity contribution is 6.01. The molecule has 0 bridgehead atoms. The lowest BCUT2D eigenvalue weighted by atomic mass is 9.98. The predicted octanol–water partition coefficient (Wildman–Crippen LogP) is 1.94. The number of nitrogens with zero attached hydrogens (tertiary/aromatic N) is 1. The SMILES string of the molecule is CCNC(=O)CN(C)C(C)C(=O)c1cc(C)ccc1C. The van der Waals surface area contributed by atoms with Crippen LogP contribution in [0.3, 0.4) is 0 Å². The van der Waals surface area contributed by atoms with Crippen molar-refractivity contribution in [2.75, 3.05) is 20.1 Å². The molecule has 0 heterocycles. The number of rotatable bonds is 6. The Morgan fingerprint density at radius 2 is 1.95 bits per heavy atom. The Balaban J connectivity index is 2.80. The quantitative estimate of drug-likeness (QED) is 0.808. The van der Waals surface area contributed by atoms with E-state index in [1.165, 1.54) is 0 Å². The molecule has 1 amide bonds. The molecule has 0 saturated carbocycles. The summed E-state index contributed by atoms with van der Waals surface area (Å²) in [6, 6.07) is 5.54. The monoisotopic (exact) mass is 276 g/mol. The number of Topliss-reactive ketones (excluding diaryl/α,β-unsaturated/α-hetero) is 1. The number of carbonyl (C=O) groups excluding carboxylic acids is 2. The van der Waals surface area contributed by atoms with Gasteiger partial charge in [-0.3, -0.25) is 14.5 Å². The van der Waals surface area contributed by atoms with Gasteiger partial charge >= 0.3 is 0 Å². The molecule has 1 aromatic rings. The molecule has 1 N–H and O–H groups in total. The summed E-state index contributed by atoms with van der Waals surface area (Å²) in [5, 5.41) is 2.74. The number of likely N-dealkylation sites (N-methyl/N-ethyl adjacent to an activating group) is 2. The summed E-state index contributed by atoms with van der Waals surface area (Å²) < 4.78 is 0. The molecule has 0 aliphatic carbocycles. The van der Waals surface area contributed by atoms with Gasteiger partial charge in [-0.2, -0.15) is 0 Å². The van der Waals surface area contributed by atoms with Gasteiger partial charge in [0.1, 0.15) is 0 Å². The van der Waals surface area contributed by atoms with Gasteiger partial charge in [0.15, 0.2) is 5.78 Å². The minimum atomic E-state index is -0.321. The molecule has 0 aromatic heterocycles. The first-order valence-electron chi connectivity index (χ1n) is 6.95. The molecular weight excluding hydrogens is 252 g/mol. The Hall–Kier alpha value is -1.68. The zero-order valence-electron chi connectivity index (χ0n) is 13.0. The van der Waals surface area contributed by atoms with Crippen molar-refractivity contribution in [2.45, 2.75) is 33.7 Å². The van der Waals surface area contributed by atoms with Gasteiger partial charge in [-0.05, 0) is 46.4 Å². The topological polar surface area (TPSA) is 49.4 Å². The third-order valence-electron chi connectivity index (χ3n) is 3.47. The molecule has 0 fully saturated rings. The van der Waals surface area contributed by atoms with Crippen molar-refractivity contribution in [3.05, 3.63) is 34.9 Å². The van der Waals surface area contributed by atoms with Crippen molar-refractivity contribution in [3.63, 3.8) is 0 Å². The van der Waals surface area contributed by atoms with E-state index in [2.05, 4.69) is 5.32 Å². The van der Waals surface area contributed by atoms with E-state index >= 15 is 0 Å². The van der Waals surface area contributed by atoms with Crippen LogP contribution in [0.2, 0.25) is 0 Å². The second kappa shape index (κ2) is 7.20. The molecule has 0 aliphatic rings. The normalized spacial score (nSPS) is 12.3. The highest BCUT2D eigenvalue weighted by atomic mass is 16.2. The van der Waals surface area contributed by atoms with Gasteiger partial charge in [0.2, 0.25) is 5.91 Å². The van der Waals surface area contributed by atoms with Crippen LogP contribution in [0, 0.1) is 13.8 Å². The van der Waals surface area contributed by atoms with Gasteiger partial charge in [-0.1, -0.05) is 17.7 Å². The first kappa shape index (κ1) is 16.4. The van der Waals surface area contributed by atoms with Gasteiger partial charge in [0.25, 0.3) is 0 Å². The smallest absolute Gasteiger partial charge is 0.234 e. The first-order chi connectivity index (χ1) is 9.36. The molecule has 0 saturated heterocycles. The van der Waals surface area contributed by atoms with Crippen LogP contribution < -0.4 is 5.32 Å². The molecule has 4 heteroatoms. The average Bonchev–Trinajstić information content (AvgIpc) is 2.40. The minimum Gasteiger partial charge on any atom is -0.355 e. The van der Waals surface area contributed by atoms with Crippen LogP contribution in [-0.4, -0.2) is 42.8 Å². The van der Waals surface area contributed by atoms with Crippen LogP contribution in [0.15, 0.2) is 18.2 Å². The van der Waals surface area contributed by atoms with Gasteiger partial charge in [0, 0.05) is 12.1 Å². The summed E-state index contributed by atoms with van der Waals surface area (Å²) in [4.78, 5) is 25.9. The third kappa shape index (κ3) is 4.17. The summed E-state index contributed by atoms with van der Waals surface area (Å²) in [5.41, 5.74) is 2.77. The van der Waals surface area contributed by atoms with E-state index in [1.807, 2.05) is 45.9 Å². The zero-order valence-corrected chi connectivity index (χ0v) is 13.0. The number of hydrogen-bond acceptors (Lipinski definition) is 3. The maximum atomic E-state index is 12.5. The first-order valence-corrected chi connectivity index (χ1v) is 6.95. The van der Waals surface area contributed by atoms with Crippen molar-refractivity contribution < 1.29 is 9.59 Å². The lowest BCUT2D eigenvalue weighted by Crippen LogP contribution is -2.43. The summed E-state index contributed by atoms with van der Waals surface area (Å²) in [7, 11) is 1.79. The van der Waals surface area contributed by atoms with E-state index in [1.54, 1.807) is 11.9 Å². The lowest BCUT2D eigenvalue weighted by Gasteiger charge is -2.23. The summed E-state index contributed by atoms with van der Waals surface area (Å²) in [6.07, 6.45) is 0. The summed E-state index contributed by atoms with van der Waals surface area (Å²) >= 11 is 0. The van der Waals surface area contributed by atoms with E-state index in [0.29, 0.717) is 6.54 Å².